The zero-order valence-electron chi connectivity index (χ0n) is 16.8. The molecule has 0 unspecified atom stereocenters. The summed E-state index contributed by atoms with van der Waals surface area (Å²) >= 11 is 0. The highest BCUT2D eigenvalue weighted by Crippen LogP contribution is 2.63. The molecular weight excluding hydrogens is 344 g/mol. The van der Waals surface area contributed by atoms with E-state index in [1.54, 1.807) is 0 Å². The van der Waals surface area contributed by atoms with Crippen molar-refractivity contribution < 1.29 is 4.79 Å². The van der Waals surface area contributed by atoms with Crippen LogP contribution in [0.2, 0.25) is 0 Å². The average Bonchev–Trinajstić information content (AvgIpc) is 3.36. The Morgan fingerprint density at radius 3 is 2.71 bits per heavy atom. The van der Waals surface area contributed by atoms with Crippen molar-refractivity contribution in [3.63, 3.8) is 0 Å². The minimum Gasteiger partial charge on any atom is -0.378 e. The number of hydrogen-bond acceptors (Lipinski definition) is 2. The summed E-state index contributed by atoms with van der Waals surface area (Å²) in [5, 5.41) is 6.98. The van der Waals surface area contributed by atoms with Crippen molar-refractivity contribution in [2.45, 2.75) is 57.5 Å². The first-order valence-electron chi connectivity index (χ1n) is 10.9. The topological polar surface area (TPSA) is 41.1 Å². The first-order valence-corrected chi connectivity index (χ1v) is 10.9. The maximum atomic E-state index is 12.7. The van der Waals surface area contributed by atoms with E-state index in [2.05, 4.69) is 66.9 Å². The van der Waals surface area contributed by atoms with Crippen molar-refractivity contribution in [3.8, 4) is 0 Å². The molecule has 2 saturated carbocycles. The van der Waals surface area contributed by atoms with Crippen LogP contribution >= 0.6 is 0 Å². The molecule has 1 heterocycles. The Hall–Kier alpha value is -2.29. The molecular formula is C25H30N2O. The molecule has 6 atom stereocenters. The van der Waals surface area contributed by atoms with Crippen LogP contribution in [0, 0.1) is 17.8 Å². The third kappa shape index (κ3) is 2.83. The van der Waals surface area contributed by atoms with Crippen molar-refractivity contribution in [1.82, 2.24) is 5.32 Å². The first-order chi connectivity index (χ1) is 13.7. The van der Waals surface area contributed by atoms with Crippen molar-refractivity contribution in [3.05, 3.63) is 65.2 Å². The minimum absolute atomic E-state index is 0.0574. The number of carbonyl (C=O) groups excluding carboxylic acids is 1. The van der Waals surface area contributed by atoms with Crippen LogP contribution in [-0.2, 0) is 0 Å². The summed E-state index contributed by atoms with van der Waals surface area (Å²) in [4.78, 5) is 12.7. The predicted molar refractivity (Wildman–Crippen MR) is 114 cm³/mol. The molecule has 146 valence electrons. The van der Waals surface area contributed by atoms with Gasteiger partial charge in [0.1, 0.15) is 0 Å². The zero-order valence-corrected chi connectivity index (χ0v) is 16.8. The Labute approximate surface area is 167 Å². The Bertz CT molecular complexity index is 877. The van der Waals surface area contributed by atoms with E-state index in [0.717, 1.165) is 23.8 Å². The van der Waals surface area contributed by atoms with Gasteiger partial charge in [-0.1, -0.05) is 37.3 Å². The Balaban J connectivity index is 1.52. The van der Waals surface area contributed by atoms with Crippen LogP contribution < -0.4 is 10.6 Å². The molecule has 3 nitrogen and oxygen atoms in total. The van der Waals surface area contributed by atoms with Gasteiger partial charge in [-0.05, 0) is 85.6 Å². The molecule has 3 heteroatoms. The molecule has 0 aromatic heterocycles. The van der Waals surface area contributed by atoms with Crippen LogP contribution in [0.5, 0.6) is 0 Å². The van der Waals surface area contributed by atoms with E-state index < -0.39 is 0 Å². The lowest BCUT2D eigenvalue weighted by atomic mass is 9.68. The van der Waals surface area contributed by atoms with E-state index in [9.17, 15) is 4.79 Å². The van der Waals surface area contributed by atoms with E-state index in [4.69, 9.17) is 0 Å². The van der Waals surface area contributed by atoms with E-state index >= 15 is 0 Å². The maximum Gasteiger partial charge on any atom is 0.251 e. The van der Waals surface area contributed by atoms with Crippen molar-refractivity contribution in [1.29, 1.82) is 0 Å². The molecule has 0 radical (unpaired) electrons. The molecule has 5 rings (SSSR count). The van der Waals surface area contributed by atoms with Gasteiger partial charge in [-0.2, -0.15) is 0 Å². The van der Waals surface area contributed by atoms with Crippen molar-refractivity contribution in [2.75, 3.05) is 5.32 Å². The van der Waals surface area contributed by atoms with Gasteiger partial charge in [-0.25, -0.2) is 0 Å². The summed E-state index contributed by atoms with van der Waals surface area (Å²) in [7, 11) is 0. The normalized spacial score (nSPS) is 30.9. The number of fused-ring (bicyclic) bond motifs is 7. The Morgan fingerprint density at radius 2 is 1.93 bits per heavy atom. The fourth-order valence-electron chi connectivity index (χ4n) is 6.03. The molecule has 0 saturated heterocycles. The first kappa shape index (κ1) is 17.8. The van der Waals surface area contributed by atoms with E-state index in [0.29, 0.717) is 17.9 Å². The fourth-order valence-corrected chi connectivity index (χ4v) is 6.03. The van der Waals surface area contributed by atoms with Crippen LogP contribution in [0.1, 0.15) is 73.0 Å². The van der Waals surface area contributed by atoms with E-state index in [1.165, 1.54) is 36.1 Å². The predicted octanol–water partition coefficient (Wildman–Crippen LogP) is 5.51. The summed E-state index contributed by atoms with van der Waals surface area (Å²) in [6, 6.07) is 17.8. The number of hydrogen-bond donors (Lipinski definition) is 2. The zero-order chi connectivity index (χ0) is 19.3. The van der Waals surface area contributed by atoms with Crippen molar-refractivity contribution in [2.24, 2.45) is 17.8 Å². The van der Waals surface area contributed by atoms with Gasteiger partial charge in [0, 0.05) is 17.3 Å². The molecule has 28 heavy (non-hydrogen) atoms. The summed E-state index contributed by atoms with van der Waals surface area (Å²) in [5.74, 6) is 2.86. The number of carbonyl (C=O) groups is 1. The second-order valence-electron chi connectivity index (χ2n) is 9.05. The van der Waals surface area contributed by atoms with Gasteiger partial charge in [0.15, 0.2) is 0 Å². The van der Waals surface area contributed by atoms with Crippen LogP contribution in [0.3, 0.4) is 0 Å². The second-order valence-corrected chi connectivity index (χ2v) is 9.05. The molecule has 2 fully saturated rings. The summed E-state index contributed by atoms with van der Waals surface area (Å²) < 4.78 is 0. The Morgan fingerprint density at radius 1 is 1.14 bits per heavy atom. The van der Waals surface area contributed by atoms with Crippen molar-refractivity contribution >= 4 is 11.6 Å². The van der Waals surface area contributed by atoms with Gasteiger partial charge >= 0.3 is 0 Å². The molecule has 2 N–H and O–H groups in total. The highest BCUT2D eigenvalue weighted by molar-refractivity contribution is 5.95. The quantitative estimate of drug-likeness (QED) is 0.741. The van der Waals surface area contributed by atoms with Gasteiger partial charge in [0.25, 0.3) is 5.91 Å². The minimum atomic E-state index is 0.0574. The van der Waals surface area contributed by atoms with E-state index in [1.807, 2.05) is 6.07 Å². The molecule has 3 aliphatic rings. The second kappa shape index (κ2) is 6.95. The molecule has 2 aromatic rings. The molecule has 2 aliphatic carbocycles. The van der Waals surface area contributed by atoms with Crippen LogP contribution in [0.4, 0.5) is 5.69 Å². The van der Waals surface area contributed by atoms with Gasteiger partial charge < -0.3 is 10.6 Å². The van der Waals surface area contributed by atoms with Gasteiger partial charge in [0.2, 0.25) is 0 Å². The molecule has 0 spiro atoms. The van der Waals surface area contributed by atoms with Gasteiger partial charge in [-0.3, -0.25) is 4.79 Å². The van der Waals surface area contributed by atoms with Gasteiger partial charge in [-0.15, -0.1) is 0 Å². The number of benzene rings is 2. The largest absolute Gasteiger partial charge is 0.378 e. The summed E-state index contributed by atoms with van der Waals surface area (Å²) in [6.45, 7) is 4.17. The highest BCUT2D eigenvalue weighted by Gasteiger charge is 2.53. The number of rotatable bonds is 4. The molecule has 1 amide bonds. The maximum absolute atomic E-state index is 12.7. The molecule has 2 bridgehead atoms. The van der Waals surface area contributed by atoms with Crippen LogP contribution in [0.25, 0.3) is 0 Å². The smallest absolute Gasteiger partial charge is 0.251 e. The Kier molecular flexibility index (Phi) is 4.41. The van der Waals surface area contributed by atoms with E-state index in [-0.39, 0.29) is 11.9 Å². The molecule has 1 aliphatic heterocycles. The standard InChI is InChI=1S/C25H30N2O/c1-3-15(2)26-25(28)19-11-12-21-20(14-19)22-17-9-10-18(13-17)23(22)24(27-21)16-7-5-4-6-8-16/h4-8,11-12,14-15,17-18,22-24,27H,3,9-10,13H2,1-2H3,(H,26,28)/t15-,17+,18+,22-,23-,24-/m0/s1. The van der Waals surface area contributed by atoms with Crippen LogP contribution in [0.15, 0.2) is 48.5 Å². The fraction of sp³-hybridized carbons (Fsp3) is 0.480. The lowest BCUT2D eigenvalue weighted by Crippen LogP contribution is -2.36. The number of anilines is 1. The third-order valence-corrected chi connectivity index (χ3v) is 7.50. The lowest BCUT2D eigenvalue weighted by molar-refractivity contribution is 0.0939. The monoisotopic (exact) mass is 374 g/mol. The number of nitrogens with one attached hydrogen (secondary N) is 2. The van der Waals surface area contributed by atoms with Crippen LogP contribution in [-0.4, -0.2) is 11.9 Å². The summed E-state index contributed by atoms with van der Waals surface area (Å²) in [5.41, 5.74) is 4.80. The van der Waals surface area contributed by atoms with Gasteiger partial charge in [0.05, 0.1) is 6.04 Å². The summed E-state index contributed by atoms with van der Waals surface area (Å²) in [6.07, 6.45) is 5.00. The lowest BCUT2D eigenvalue weighted by Gasteiger charge is -2.43. The average molecular weight is 375 g/mol. The SMILES string of the molecule is CC[C@H](C)NC(=O)c1ccc2c(c1)[C@@H]1[C@@H]3CC[C@H](C3)[C@@H]1[C@H](c1ccccc1)N2. The molecule has 2 aromatic carbocycles. The number of amides is 1. The third-order valence-electron chi connectivity index (χ3n) is 7.50. The highest BCUT2D eigenvalue weighted by atomic mass is 16.1.